The number of nitrogens with one attached hydrogen (secondary N) is 1. The van der Waals surface area contributed by atoms with E-state index < -0.39 is 0 Å². The first-order chi connectivity index (χ1) is 9.16. The zero-order valence-corrected chi connectivity index (χ0v) is 11.8. The van der Waals surface area contributed by atoms with Crippen molar-refractivity contribution >= 4 is 0 Å². The lowest BCUT2D eigenvalue weighted by Crippen LogP contribution is -2.25. The maximum Gasteiger partial charge on any atom is 0.0724 e. The highest BCUT2D eigenvalue weighted by molar-refractivity contribution is 5.19. The third kappa shape index (κ3) is 3.86. The van der Waals surface area contributed by atoms with Gasteiger partial charge in [0, 0.05) is 25.0 Å². The van der Waals surface area contributed by atoms with Crippen molar-refractivity contribution in [2.24, 2.45) is 5.92 Å². The highest BCUT2D eigenvalue weighted by atomic mass is 14.9. The van der Waals surface area contributed by atoms with Gasteiger partial charge in [0.2, 0.25) is 0 Å². The molecule has 0 bridgehead atoms. The summed E-state index contributed by atoms with van der Waals surface area (Å²) in [6.45, 7) is 7.15. The highest BCUT2D eigenvalue weighted by Crippen LogP contribution is 2.21. The molecule has 0 fully saturated rings. The lowest BCUT2D eigenvalue weighted by Gasteiger charge is -2.22. The molecule has 1 heterocycles. The first kappa shape index (κ1) is 13.7. The third-order valence-electron chi connectivity index (χ3n) is 3.16. The Morgan fingerprint density at radius 1 is 1.05 bits per heavy atom. The van der Waals surface area contributed by atoms with E-state index in [1.807, 2.05) is 25.4 Å². The molecule has 1 unspecified atom stereocenters. The van der Waals surface area contributed by atoms with Gasteiger partial charge in [0.05, 0.1) is 11.4 Å². The normalized spacial score (nSPS) is 12.6. The average Bonchev–Trinajstić information content (AvgIpc) is 2.42. The number of nitrogens with zero attached hydrogens (tertiary/aromatic N) is 2. The summed E-state index contributed by atoms with van der Waals surface area (Å²) in [6.07, 6.45) is 3.65. The Labute approximate surface area is 115 Å². The van der Waals surface area contributed by atoms with Crippen LogP contribution in [0.3, 0.4) is 0 Å². The maximum atomic E-state index is 4.38. The molecule has 3 nitrogen and oxygen atoms in total. The molecule has 0 amide bonds. The minimum Gasteiger partial charge on any atom is -0.304 e. The van der Waals surface area contributed by atoms with Gasteiger partial charge in [-0.1, -0.05) is 44.2 Å². The first-order valence-electron chi connectivity index (χ1n) is 6.72. The summed E-state index contributed by atoms with van der Waals surface area (Å²) >= 11 is 0. The molecule has 2 aromatic rings. The summed E-state index contributed by atoms with van der Waals surface area (Å²) in [4.78, 5) is 8.65. The SMILES string of the molecule is Cc1cnc(CNC(c2ccccc2)C(C)C)cn1. The number of aromatic nitrogens is 2. The molecular weight excluding hydrogens is 234 g/mol. The van der Waals surface area contributed by atoms with Crippen molar-refractivity contribution in [2.75, 3.05) is 0 Å². The van der Waals surface area contributed by atoms with Crippen LogP contribution in [-0.4, -0.2) is 9.97 Å². The van der Waals surface area contributed by atoms with E-state index in [1.165, 1.54) is 5.56 Å². The van der Waals surface area contributed by atoms with Crippen LogP contribution >= 0.6 is 0 Å². The van der Waals surface area contributed by atoms with E-state index in [0.717, 1.165) is 17.9 Å². The van der Waals surface area contributed by atoms with Gasteiger partial charge < -0.3 is 5.32 Å². The van der Waals surface area contributed by atoms with Crippen molar-refractivity contribution in [3.05, 3.63) is 59.7 Å². The minimum atomic E-state index is 0.337. The molecule has 19 heavy (non-hydrogen) atoms. The van der Waals surface area contributed by atoms with Crippen molar-refractivity contribution in [2.45, 2.75) is 33.4 Å². The van der Waals surface area contributed by atoms with Gasteiger partial charge in [0.1, 0.15) is 0 Å². The Kier molecular flexibility index (Phi) is 4.63. The number of hydrogen-bond donors (Lipinski definition) is 1. The van der Waals surface area contributed by atoms with Crippen LogP contribution in [-0.2, 0) is 6.54 Å². The second-order valence-electron chi connectivity index (χ2n) is 5.16. The smallest absolute Gasteiger partial charge is 0.0724 e. The summed E-state index contributed by atoms with van der Waals surface area (Å²) in [6, 6.07) is 10.9. The third-order valence-corrected chi connectivity index (χ3v) is 3.16. The van der Waals surface area contributed by atoms with E-state index in [4.69, 9.17) is 0 Å². The van der Waals surface area contributed by atoms with Crippen LogP contribution in [0.25, 0.3) is 0 Å². The molecule has 1 aromatic carbocycles. The zero-order valence-electron chi connectivity index (χ0n) is 11.8. The molecule has 1 atom stereocenters. The number of aryl methyl sites for hydroxylation is 1. The fourth-order valence-electron chi connectivity index (χ4n) is 2.12. The van der Waals surface area contributed by atoms with Crippen LogP contribution in [0.1, 0.15) is 36.8 Å². The second-order valence-corrected chi connectivity index (χ2v) is 5.16. The van der Waals surface area contributed by atoms with Crippen LogP contribution in [0.5, 0.6) is 0 Å². The lowest BCUT2D eigenvalue weighted by atomic mass is 9.96. The van der Waals surface area contributed by atoms with Crippen molar-refractivity contribution in [1.29, 1.82) is 0 Å². The van der Waals surface area contributed by atoms with E-state index in [0.29, 0.717) is 12.0 Å². The van der Waals surface area contributed by atoms with Gasteiger partial charge in [0.25, 0.3) is 0 Å². The van der Waals surface area contributed by atoms with Crippen LogP contribution in [0.4, 0.5) is 0 Å². The van der Waals surface area contributed by atoms with Crippen LogP contribution in [0, 0.1) is 12.8 Å². The topological polar surface area (TPSA) is 37.8 Å². The van der Waals surface area contributed by atoms with Gasteiger partial charge in [-0.15, -0.1) is 0 Å². The van der Waals surface area contributed by atoms with Crippen molar-refractivity contribution in [3.8, 4) is 0 Å². The molecule has 3 heteroatoms. The molecular formula is C16H21N3. The summed E-state index contributed by atoms with van der Waals surface area (Å²) < 4.78 is 0. The molecule has 0 aliphatic carbocycles. The summed E-state index contributed by atoms with van der Waals surface area (Å²) in [5.41, 5.74) is 3.25. The largest absolute Gasteiger partial charge is 0.304 e. The summed E-state index contributed by atoms with van der Waals surface area (Å²) in [7, 11) is 0. The molecule has 1 aromatic heterocycles. The molecule has 0 radical (unpaired) electrons. The van der Waals surface area contributed by atoms with Gasteiger partial charge in [-0.25, -0.2) is 0 Å². The predicted molar refractivity (Wildman–Crippen MR) is 77.6 cm³/mol. The average molecular weight is 255 g/mol. The number of rotatable bonds is 5. The highest BCUT2D eigenvalue weighted by Gasteiger charge is 2.14. The van der Waals surface area contributed by atoms with E-state index in [9.17, 15) is 0 Å². The van der Waals surface area contributed by atoms with Gasteiger partial charge in [-0.3, -0.25) is 9.97 Å². The van der Waals surface area contributed by atoms with Gasteiger partial charge in [0.15, 0.2) is 0 Å². The monoisotopic (exact) mass is 255 g/mol. The first-order valence-corrected chi connectivity index (χ1v) is 6.72. The van der Waals surface area contributed by atoms with E-state index in [-0.39, 0.29) is 0 Å². The van der Waals surface area contributed by atoms with Crippen molar-refractivity contribution < 1.29 is 0 Å². The Bertz CT molecular complexity index is 491. The molecule has 0 saturated heterocycles. The zero-order chi connectivity index (χ0) is 13.7. The molecule has 0 spiro atoms. The van der Waals surface area contributed by atoms with Crippen LogP contribution in [0.15, 0.2) is 42.7 Å². The second kappa shape index (κ2) is 6.43. The standard InChI is InChI=1S/C16H21N3/c1-12(2)16(14-7-5-4-6-8-14)19-11-15-10-17-13(3)9-18-15/h4-10,12,16,19H,11H2,1-3H3. The Hall–Kier alpha value is -1.74. The summed E-state index contributed by atoms with van der Waals surface area (Å²) in [5.74, 6) is 0.529. The van der Waals surface area contributed by atoms with E-state index in [1.54, 1.807) is 0 Å². The molecule has 2 rings (SSSR count). The molecule has 0 aliphatic rings. The van der Waals surface area contributed by atoms with E-state index >= 15 is 0 Å². The molecule has 100 valence electrons. The van der Waals surface area contributed by atoms with Crippen molar-refractivity contribution in [1.82, 2.24) is 15.3 Å². The Balaban J connectivity index is 2.04. The maximum absolute atomic E-state index is 4.38. The number of hydrogen-bond acceptors (Lipinski definition) is 3. The van der Waals surface area contributed by atoms with Gasteiger partial charge >= 0.3 is 0 Å². The van der Waals surface area contributed by atoms with Crippen LogP contribution < -0.4 is 5.32 Å². The quantitative estimate of drug-likeness (QED) is 0.891. The Morgan fingerprint density at radius 3 is 2.37 bits per heavy atom. The molecule has 1 N–H and O–H groups in total. The minimum absolute atomic E-state index is 0.337. The van der Waals surface area contributed by atoms with E-state index in [2.05, 4.69) is 53.4 Å². The van der Waals surface area contributed by atoms with Gasteiger partial charge in [-0.05, 0) is 18.4 Å². The fourth-order valence-corrected chi connectivity index (χ4v) is 2.12. The lowest BCUT2D eigenvalue weighted by molar-refractivity contribution is 0.408. The number of benzene rings is 1. The van der Waals surface area contributed by atoms with Crippen molar-refractivity contribution in [3.63, 3.8) is 0 Å². The van der Waals surface area contributed by atoms with Gasteiger partial charge in [-0.2, -0.15) is 0 Å². The predicted octanol–water partition coefficient (Wildman–Crippen LogP) is 3.27. The fraction of sp³-hybridized carbons (Fsp3) is 0.375. The summed E-state index contributed by atoms with van der Waals surface area (Å²) in [5, 5.41) is 3.57. The molecule has 0 aliphatic heterocycles. The van der Waals surface area contributed by atoms with Crippen LogP contribution in [0.2, 0.25) is 0 Å². The molecule has 0 saturated carbocycles. The Morgan fingerprint density at radius 2 is 1.79 bits per heavy atom.